The lowest BCUT2D eigenvalue weighted by Crippen LogP contribution is -2.18. The van der Waals surface area contributed by atoms with Gasteiger partial charge in [0, 0.05) is 26.0 Å². The average Bonchev–Trinajstić information content (AvgIpc) is 3.23. The minimum atomic E-state index is -4.83. The first-order chi connectivity index (χ1) is 20.2. The van der Waals surface area contributed by atoms with E-state index in [1.807, 2.05) is 6.07 Å². The van der Waals surface area contributed by atoms with Crippen molar-refractivity contribution in [1.82, 2.24) is 19.9 Å². The van der Waals surface area contributed by atoms with Crippen molar-refractivity contribution in [2.75, 3.05) is 24.8 Å². The molecule has 2 aromatic heterocycles. The third-order valence-electron chi connectivity index (χ3n) is 7.54. The molecule has 5 rings (SSSR count). The molecule has 1 aliphatic carbocycles. The summed E-state index contributed by atoms with van der Waals surface area (Å²) in [6.45, 7) is 0.310. The van der Waals surface area contributed by atoms with Crippen LogP contribution in [0.3, 0.4) is 0 Å². The number of amides is 1. The molecule has 43 heavy (non-hydrogen) atoms. The Labute approximate surface area is 244 Å². The number of aliphatic hydroxyl groups excluding tert-OH is 1. The number of hydrogen-bond acceptors (Lipinski definition) is 9. The summed E-state index contributed by atoms with van der Waals surface area (Å²) in [6, 6.07) is 4.73. The van der Waals surface area contributed by atoms with Gasteiger partial charge < -0.3 is 35.2 Å². The van der Waals surface area contributed by atoms with Gasteiger partial charge in [0.25, 0.3) is 5.91 Å². The first-order valence-electron chi connectivity index (χ1n) is 13.4. The third kappa shape index (κ3) is 6.74. The predicted molar refractivity (Wildman–Crippen MR) is 150 cm³/mol. The van der Waals surface area contributed by atoms with Gasteiger partial charge in [-0.1, -0.05) is 6.07 Å². The Morgan fingerprint density at radius 1 is 1.09 bits per heavy atom. The van der Waals surface area contributed by atoms with Crippen LogP contribution in [0.25, 0.3) is 0 Å². The fraction of sp³-hybridized carbons (Fsp3) is 0.407. The van der Waals surface area contributed by atoms with Crippen molar-refractivity contribution >= 4 is 36.8 Å². The number of carbonyl (C=O) groups is 1. The van der Waals surface area contributed by atoms with E-state index in [1.54, 1.807) is 13.1 Å². The minimum Gasteiger partial charge on any atom is -0.493 e. The van der Waals surface area contributed by atoms with Gasteiger partial charge in [0.1, 0.15) is 11.4 Å². The Balaban J connectivity index is 1.50. The van der Waals surface area contributed by atoms with Crippen LogP contribution in [0.1, 0.15) is 64.2 Å². The van der Waals surface area contributed by atoms with E-state index < -0.39 is 31.3 Å². The number of ether oxygens (including phenoxy) is 1. The number of fused-ring (bicyclic) bond motifs is 1. The molecular formula is C27H30F3N6O6P. The van der Waals surface area contributed by atoms with Gasteiger partial charge in [0.05, 0.1) is 30.6 Å². The van der Waals surface area contributed by atoms with Crippen molar-refractivity contribution in [2.24, 2.45) is 0 Å². The summed E-state index contributed by atoms with van der Waals surface area (Å²) in [6.07, 6.45) is -1.21. The summed E-state index contributed by atoms with van der Waals surface area (Å²) < 4.78 is 58.7. The predicted octanol–water partition coefficient (Wildman–Crippen LogP) is 4.67. The second-order valence-electron chi connectivity index (χ2n) is 10.6. The van der Waals surface area contributed by atoms with E-state index in [4.69, 9.17) is 4.74 Å². The number of alkyl halides is 3. The Bertz CT molecular complexity index is 1590. The lowest BCUT2D eigenvalue weighted by atomic mass is 9.80. The molecule has 16 heteroatoms. The van der Waals surface area contributed by atoms with Gasteiger partial charge in [0.15, 0.2) is 11.6 Å². The summed E-state index contributed by atoms with van der Waals surface area (Å²) in [7, 11) is -1.47. The van der Waals surface area contributed by atoms with Crippen molar-refractivity contribution in [3.63, 3.8) is 0 Å². The van der Waals surface area contributed by atoms with E-state index in [2.05, 4.69) is 25.6 Å². The number of nitrogens with zero attached hydrogens (tertiary/aromatic N) is 4. The van der Waals surface area contributed by atoms with Crippen molar-refractivity contribution in [3.8, 4) is 5.75 Å². The highest BCUT2D eigenvalue weighted by atomic mass is 31.2. The number of carbonyl (C=O) groups excluding carboxylic acids is 1. The minimum absolute atomic E-state index is 0.00215. The van der Waals surface area contributed by atoms with Crippen LogP contribution in [0.2, 0.25) is 0 Å². The summed E-state index contributed by atoms with van der Waals surface area (Å²) in [4.78, 5) is 45.1. The molecule has 1 saturated carbocycles. The van der Waals surface area contributed by atoms with E-state index in [9.17, 15) is 37.4 Å². The number of anilines is 4. The molecule has 230 valence electrons. The summed E-state index contributed by atoms with van der Waals surface area (Å²) in [5, 5.41) is 15.3. The smallest absolute Gasteiger partial charge is 0.421 e. The van der Waals surface area contributed by atoms with Crippen molar-refractivity contribution in [2.45, 2.75) is 56.6 Å². The van der Waals surface area contributed by atoms with Crippen LogP contribution in [0.5, 0.6) is 5.75 Å². The van der Waals surface area contributed by atoms with Gasteiger partial charge >= 0.3 is 13.8 Å². The molecule has 3 aromatic rings. The highest BCUT2D eigenvalue weighted by Gasteiger charge is 2.37. The van der Waals surface area contributed by atoms with Crippen LogP contribution in [-0.2, 0) is 23.4 Å². The molecule has 12 nitrogen and oxygen atoms in total. The molecule has 1 amide bonds. The monoisotopic (exact) mass is 622 g/mol. The lowest BCUT2D eigenvalue weighted by molar-refractivity contribution is -0.137. The number of hydrogen-bond donors (Lipinski definition) is 5. The van der Waals surface area contributed by atoms with Crippen molar-refractivity contribution < 1.29 is 42.2 Å². The Morgan fingerprint density at radius 2 is 1.81 bits per heavy atom. The van der Waals surface area contributed by atoms with Crippen molar-refractivity contribution in [3.05, 3.63) is 58.4 Å². The highest BCUT2D eigenvalue weighted by Crippen LogP contribution is 2.43. The lowest BCUT2D eigenvalue weighted by Gasteiger charge is -2.27. The summed E-state index contributed by atoms with van der Waals surface area (Å²) in [5.74, 6) is -1.02. The van der Waals surface area contributed by atoms with Crippen LogP contribution in [0.15, 0.2) is 30.6 Å². The number of aromatic nitrogens is 3. The number of nitrogens with one attached hydrogen (secondary N) is 2. The van der Waals surface area contributed by atoms with Gasteiger partial charge in [-0.25, -0.2) is 9.97 Å². The van der Waals surface area contributed by atoms with Gasteiger partial charge in [-0.2, -0.15) is 18.2 Å². The van der Waals surface area contributed by atoms with Gasteiger partial charge in [-0.15, -0.1) is 0 Å². The number of benzene rings is 1. The fourth-order valence-corrected chi connectivity index (χ4v) is 6.14. The molecule has 0 saturated heterocycles. The maximum atomic E-state index is 14.0. The molecule has 3 heterocycles. The molecule has 0 bridgehead atoms. The van der Waals surface area contributed by atoms with Crippen molar-refractivity contribution in [1.29, 1.82) is 0 Å². The molecule has 1 aromatic carbocycles. The standard InChI is InChI=1S/C27H30F3N6O6P/c1-36-12-18-17(15-3-5-16(37)6-4-15)7-8-20(22(18)25(36)38)33-23-19(27(28,29)30)11-32-26(34-23)35-24-21(42-2)9-14(10-31-24)13-43(39,40)41/h7-11,15-16,37H,3-6,12-13H2,1-2H3,(H2,39,40,41)(H2,31,32,33,34,35). The van der Waals surface area contributed by atoms with Crippen LogP contribution >= 0.6 is 7.60 Å². The first-order valence-corrected chi connectivity index (χ1v) is 15.2. The largest absolute Gasteiger partial charge is 0.493 e. The van der Waals surface area contributed by atoms with E-state index >= 15 is 0 Å². The van der Waals surface area contributed by atoms with Gasteiger partial charge in [-0.3, -0.25) is 9.36 Å². The normalized spacial score (nSPS) is 18.9. The second kappa shape index (κ2) is 11.7. The fourth-order valence-electron chi connectivity index (χ4n) is 5.49. The maximum absolute atomic E-state index is 14.0. The third-order valence-corrected chi connectivity index (χ3v) is 8.31. The van der Waals surface area contributed by atoms with E-state index in [0.29, 0.717) is 25.6 Å². The SMILES string of the molecule is COc1cc(CP(=O)(O)O)cnc1Nc1ncc(C(F)(F)F)c(Nc2ccc(C3CCC(O)CC3)c3c2C(=O)N(C)C3)n1. The maximum Gasteiger partial charge on any atom is 0.421 e. The highest BCUT2D eigenvalue weighted by molar-refractivity contribution is 7.50. The van der Waals surface area contributed by atoms with Gasteiger partial charge in [-0.05, 0) is 60.4 Å². The molecule has 5 N–H and O–H groups in total. The zero-order chi connectivity index (χ0) is 31.1. The van der Waals surface area contributed by atoms with E-state index in [1.165, 1.54) is 24.3 Å². The van der Waals surface area contributed by atoms with Crippen LogP contribution < -0.4 is 15.4 Å². The summed E-state index contributed by atoms with van der Waals surface area (Å²) in [5.41, 5.74) is 1.15. The quantitative estimate of drug-likeness (QED) is 0.221. The Morgan fingerprint density at radius 3 is 2.47 bits per heavy atom. The molecule has 0 radical (unpaired) electrons. The average molecular weight is 623 g/mol. The van der Waals surface area contributed by atoms with E-state index in [0.717, 1.165) is 24.0 Å². The Kier molecular flexibility index (Phi) is 8.36. The van der Waals surface area contributed by atoms with Gasteiger partial charge in [0.2, 0.25) is 5.95 Å². The van der Waals surface area contributed by atoms with E-state index in [-0.39, 0.29) is 52.3 Å². The van der Waals surface area contributed by atoms with Crippen LogP contribution in [-0.4, -0.2) is 60.9 Å². The second-order valence-corrected chi connectivity index (χ2v) is 12.3. The zero-order valence-corrected chi connectivity index (χ0v) is 24.1. The molecular weight excluding hydrogens is 592 g/mol. The molecule has 0 atom stereocenters. The molecule has 0 unspecified atom stereocenters. The van der Waals surface area contributed by atoms with Crippen LogP contribution in [0.4, 0.5) is 36.4 Å². The number of methoxy groups -OCH3 is 1. The molecule has 0 spiro atoms. The first kappa shape index (κ1) is 30.7. The summed E-state index contributed by atoms with van der Waals surface area (Å²) >= 11 is 0. The molecule has 2 aliphatic rings. The van der Waals surface area contributed by atoms with Crippen LogP contribution in [0, 0.1) is 0 Å². The topological polar surface area (TPSA) is 170 Å². The number of halogens is 3. The molecule has 1 fully saturated rings. The number of aliphatic hydroxyl groups is 1. The number of rotatable bonds is 8. The zero-order valence-electron chi connectivity index (χ0n) is 23.2. The number of pyridine rings is 1. The molecule has 1 aliphatic heterocycles. The Hall–Kier alpha value is -3.78.